The minimum absolute atomic E-state index is 0. The number of halogens is 2. The Morgan fingerprint density at radius 2 is 1.66 bits per heavy atom. The lowest BCUT2D eigenvalue weighted by Crippen LogP contribution is -2.36. The van der Waals surface area contributed by atoms with Crippen molar-refractivity contribution in [2.45, 2.75) is 51.0 Å². The molecule has 0 radical (unpaired) electrons. The molecule has 1 aromatic carbocycles. The van der Waals surface area contributed by atoms with Gasteiger partial charge < -0.3 is 20.7 Å². The summed E-state index contributed by atoms with van der Waals surface area (Å²) in [6, 6.07) is 13.6. The molecule has 1 aliphatic rings. The number of para-hydroxylation sites is 1. The van der Waals surface area contributed by atoms with Crippen LogP contribution in [0.15, 0.2) is 48.7 Å². The van der Waals surface area contributed by atoms with Crippen LogP contribution >= 0.6 is 24.8 Å². The number of nitrogens with zero attached hydrogens (tertiary/aromatic N) is 1. The summed E-state index contributed by atoms with van der Waals surface area (Å²) in [6.07, 6.45) is 10.4. The highest BCUT2D eigenvalue weighted by molar-refractivity contribution is 5.96. The molecule has 1 fully saturated rings. The largest absolute Gasteiger partial charge is 0.438 e. The number of pyridine rings is 1. The Hall–Kier alpha value is -1.86. The maximum atomic E-state index is 12.5. The molecule has 3 rings (SSSR count). The van der Waals surface area contributed by atoms with Gasteiger partial charge in [0.15, 0.2) is 0 Å². The molecule has 178 valence electrons. The first-order chi connectivity index (χ1) is 14.8. The zero-order chi connectivity index (χ0) is 20.9. The van der Waals surface area contributed by atoms with Gasteiger partial charge in [0.05, 0.1) is 0 Å². The highest BCUT2D eigenvalue weighted by Gasteiger charge is 2.14. The molecule has 8 heteroatoms. The Labute approximate surface area is 204 Å². The molecule has 0 unspecified atom stereocenters. The molecular weight excluding hydrogens is 447 g/mol. The fourth-order valence-corrected chi connectivity index (χ4v) is 3.71. The maximum absolute atomic E-state index is 12.5. The van der Waals surface area contributed by atoms with Gasteiger partial charge in [0.25, 0.3) is 5.91 Å². The quantitative estimate of drug-likeness (QED) is 0.381. The van der Waals surface area contributed by atoms with E-state index in [-0.39, 0.29) is 30.7 Å². The van der Waals surface area contributed by atoms with E-state index in [2.05, 4.69) is 20.9 Å². The highest BCUT2D eigenvalue weighted by Crippen LogP contribution is 2.22. The van der Waals surface area contributed by atoms with E-state index in [0.29, 0.717) is 23.7 Å². The molecular formula is C24H36Cl2N4O2. The second kappa shape index (κ2) is 16.7. The first kappa shape index (κ1) is 28.2. The van der Waals surface area contributed by atoms with Gasteiger partial charge in [-0.1, -0.05) is 37.5 Å². The van der Waals surface area contributed by atoms with Crippen molar-refractivity contribution < 1.29 is 9.53 Å². The molecule has 0 spiro atoms. The van der Waals surface area contributed by atoms with Gasteiger partial charge in [-0.15, -0.1) is 24.8 Å². The molecule has 1 heterocycles. The minimum Gasteiger partial charge on any atom is -0.438 e. The zero-order valence-corrected chi connectivity index (χ0v) is 20.2. The van der Waals surface area contributed by atoms with Crippen molar-refractivity contribution in [1.82, 2.24) is 20.9 Å². The number of aromatic nitrogens is 1. The number of benzene rings is 1. The second-order valence-corrected chi connectivity index (χ2v) is 7.77. The van der Waals surface area contributed by atoms with E-state index in [4.69, 9.17) is 4.74 Å². The van der Waals surface area contributed by atoms with Crippen LogP contribution in [0.5, 0.6) is 11.6 Å². The van der Waals surface area contributed by atoms with Gasteiger partial charge in [0, 0.05) is 31.9 Å². The number of rotatable bonds is 12. The topological polar surface area (TPSA) is 75.3 Å². The van der Waals surface area contributed by atoms with E-state index in [0.717, 1.165) is 38.5 Å². The summed E-state index contributed by atoms with van der Waals surface area (Å²) in [6.45, 7) is 3.64. The molecule has 0 atom stereocenters. The predicted octanol–water partition coefficient (Wildman–Crippen LogP) is 4.74. The molecule has 1 saturated carbocycles. The van der Waals surface area contributed by atoms with Crippen molar-refractivity contribution in [3.63, 3.8) is 0 Å². The van der Waals surface area contributed by atoms with E-state index in [9.17, 15) is 4.79 Å². The number of ether oxygens (including phenoxy) is 1. The van der Waals surface area contributed by atoms with Crippen LogP contribution in [0.25, 0.3) is 0 Å². The van der Waals surface area contributed by atoms with Gasteiger partial charge in [-0.05, 0) is 56.5 Å². The van der Waals surface area contributed by atoms with Crippen molar-refractivity contribution in [1.29, 1.82) is 0 Å². The molecule has 0 saturated heterocycles. The summed E-state index contributed by atoms with van der Waals surface area (Å²) in [4.78, 5) is 16.7. The summed E-state index contributed by atoms with van der Waals surface area (Å²) in [5.74, 6) is 0.835. The van der Waals surface area contributed by atoms with Crippen LogP contribution in [0.2, 0.25) is 0 Å². The van der Waals surface area contributed by atoms with Gasteiger partial charge in [-0.25, -0.2) is 4.98 Å². The third-order valence-corrected chi connectivity index (χ3v) is 5.38. The second-order valence-electron chi connectivity index (χ2n) is 7.77. The first-order valence-electron chi connectivity index (χ1n) is 11.2. The van der Waals surface area contributed by atoms with Crippen molar-refractivity contribution in [3.8, 4) is 11.6 Å². The van der Waals surface area contributed by atoms with Crippen molar-refractivity contribution in [2.75, 3.05) is 26.2 Å². The molecule has 32 heavy (non-hydrogen) atoms. The molecule has 3 N–H and O–H groups in total. The van der Waals surface area contributed by atoms with Crippen molar-refractivity contribution >= 4 is 30.7 Å². The Morgan fingerprint density at radius 3 is 2.44 bits per heavy atom. The van der Waals surface area contributed by atoms with Gasteiger partial charge in [0.1, 0.15) is 11.3 Å². The summed E-state index contributed by atoms with van der Waals surface area (Å²) in [7, 11) is 0. The van der Waals surface area contributed by atoms with E-state index in [1.165, 1.54) is 32.1 Å². The molecule has 0 bridgehead atoms. The lowest BCUT2D eigenvalue weighted by atomic mass is 9.95. The SMILES string of the molecule is Cl.Cl.O=C(NCCCCNCCNC1CCCCC1)c1cccnc1Oc1ccccc1. The third kappa shape index (κ3) is 10.2. The number of carbonyl (C=O) groups excluding carboxylic acids is 1. The number of nitrogens with one attached hydrogen (secondary N) is 3. The van der Waals surface area contributed by atoms with Crippen LogP contribution in [-0.4, -0.2) is 43.1 Å². The number of amides is 1. The van der Waals surface area contributed by atoms with E-state index < -0.39 is 0 Å². The van der Waals surface area contributed by atoms with Gasteiger partial charge in [-0.2, -0.15) is 0 Å². The Bertz CT molecular complexity index is 759. The highest BCUT2D eigenvalue weighted by atomic mass is 35.5. The normalized spacial score (nSPS) is 13.5. The van der Waals surface area contributed by atoms with Crippen LogP contribution < -0.4 is 20.7 Å². The van der Waals surface area contributed by atoms with E-state index in [1.807, 2.05) is 30.3 Å². The lowest BCUT2D eigenvalue weighted by molar-refractivity contribution is 0.0950. The summed E-state index contributed by atoms with van der Waals surface area (Å²) in [5.41, 5.74) is 0.452. The number of hydrogen-bond donors (Lipinski definition) is 3. The fourth-order valence-electron chi connectivity index (χ4n) is 3.71. The molecule has 6 nitrogen and oxygen atoms in total. The van der Waals surface area contributed by atoms with Crippen LogP contribution in [0.1, 0.15) is 55.3 Å². The molecule has 1 amide bonds. The number of hydrogen-bond acceptors (Lipinski definition) is 5. The van der Waals surface area contributed by atoms with Crippen LogP contribution in [-0.2, 0) is 0 Å². The Balaban J connectivity index is 0.00000256. The Kier molecular flexibility index (Phi) is 14.7. The Morgan fingerprint density at radius 1 is 0.906 bits per heavy atom. The van der Waals surface area contributed by atoms with Crippen LogP contribution in [0.4, 0.5) is 0 Å². The smallest absolute Gasteiger partial charge is 0.256 e. The average molecular weight is 483 g/mol. The predicted molar refractivity (Wildman–Crippen MR) is 135 cm³/mol. The summed E-state index contributed by atoms with van der Waals surface area (Å²) < 4.78 is 5.77. The van der Waals surface area contributed by atoms with E-state index in [1.54, 1.807) is 18.3 Å². The molecule has 0 aliphatic heterocycles. The lowest BCUT2D eigenvalue weighted by Gasteiger charge is -2.22. The number of carbonyl (C=O) groups is 1. The monoisotopic (exact) mass is 482 g/mol. The van der Waals surface area contributed by atoms with Gasteiger partial charge in [-0.3, -0.25) is 4.79 Å². The molecule has 2 aromatic rings. The van der Waals surface area contributed by atoms with Crippen LogP contribution in [0.3, 0.4) is 0 Å². The summed E-state index contributed by atoms with van der Waals surface area (Å²) in [5, 5.41) is 10.1. The molecule has 1 aliphatic carbocycles. The molecule has 1 aromatic heterocycles. The number of unbranched alkanes of at least 4 members (excludes halogenated alkanes) is 1. The fraction of sp³-hybridized carbons (Fsp3) is 0.500. The minimum atomic E-state index is -0.154. The third-order valence-electron chi connectivity index (χ3n) is 5.38. The maximum Gasteiger partial charge on any atom is 0.256 e. The zero-order valence-electron chi connectivity index (χ0n) is 18.6. The average Bonchev–Trinajstić information content (AvgIpc) is 2.79. The van der Waals surface area contributed by atoms with E-state index >= 15 is 0 Å². The van der Waals surface area contributed by atoms with Crippen molar-refractivity contribution in [2.24, 2.45) is 0 Å². The van der Waals surface area contributed by atoms with Gasteiger partial charge >= 0.3 is 0 Å². The summed E-state index contributed by atoms with van der Waals surface area (Å²) >= 11 is 0. The first-order valence-corrected chi connectivity index (χ1v) is 11.2. The van der Waals surface area contributed by atoms with Crippen molar-refractivity contribution in [3.05, 3.63) is 54.2 Å². The van der Waals surface area contributed by atoms with Crippen LogP contribution in [0, 0.1) is 0 Å². The standard InChI is InChI=1S/C24H34N4O2.2ClH/c29-23(22-14-9-17-28-24(22)30-21-12-5-2-6-13-21)27-16-8-7-15-25-18-19-26-20-10-3-1-4-11-20;;/h2,5-6,9,12-14,17,20,25-26H,1,3-4,7-8,10-11,15-16,18-19H2,(H,27,29);2*1H. The van der Waals surface area contributed by atoms with Gasteiger partial charge in [0.2, 0.25) is 5.88 Å².